The molecule has 0 radical (unpaired) electrons. The first-order chi connectivity index (χ1) is 15.5. The molecular weight excluding hydrogens is 414 g/mol. The maximum atomic E-state index is 12.9. The molecule has 11 heteroatoms. The maximum Gasteiger partial charge on any atom is 0.287 e. The predicted molar refractivity (Wildman–Crippen MR) is 112 cm³/mol. The van der Waals surface area contributed by atoms with Crippen LogP contribution in [0.5, 0.6) is 5.75 Å². The van der Waals surface area contributed by atoms with Crippen LogP contribution >= 0.6 is 0 Å². The van der Waals surface area contributed by atoms with E-state index in [1.165, 1.54) is 19.5 Å². The molecule has 4 rings (SSSR count). The SMILES string of the molecule is COc1cncc2[nH]c(C(=O)NC(CC3CC3)C(=O)NC(C#N)CC3CCNC3=O)nc12. The summed E-state index contributed by atoms with van der Waals surface area (Å²) in [5.74, 6) is -0.546. The number of carbonyl (C=O) groups excluding carboxylic acids is 3. The summed E-state index contributed by atoms with van der Waals surface area (Å²) in [6.45, 7) is 0.577. The highest BCUT2D eigenvalue weighted by Crippen LogP contribution is 2.33. The van der Waals surface area contributed by atoms with Crippen molar-refractivity contribution in [3.63, 3.8) is 0 Å². The Kier molecular flexibility index (Phi) is 6.20. The number of imidazole rings is 1. The van der Waals surface area contributed by atoms with Crippen LogP contribution in [0, 0.1) is 23.2 Å². The fourth-order valence-electron chi connectivity index (χ4n) is 3.88. The van der Waals surface area contributed by atoms with Crippen LogP contribution in [-0.2, 0) is 9.59 Å². The first-order valence-electron chi connectivity index (χ1n) is 10.6. The van der Waals surface area contributed by atoms with Gasteiger partial charge in [0.15, 0.2) is 11.6 Å². The number of aromatic amines is 1. The van der Waals surface area contributed by atoms with E-state index >= 15 is 0 Å². The van der Waals surface area contributed by atoms with Crippen LogP contribution in [0.25, 0.3) is 11.0 Å². The number of pyridine rings is 1. The smallest absolute Gasteiger partial charge is 0.287 e. The van der Waals surface area contributed by atoms with Crippen molar-refractivity contribution in [3.05, 3.63) is 18.2 Å². The second-order valence-electron chi connectivity index (χ2n) is 8.23. The van der Waals surface area contributed by atoms with Gasteiger partial charge in [0.05, 0.1) is 31.1 Å². The third-order valence-corrected chi connectivity index (χ3v) is 5.84. The molecule has 32 heavy (non-hydrogen) atoms. The molecule has 11 nitrogen and oxygen atoms in total. The Balaban J connectivity index is 1.44. The molecule has 2 aromatic heterocycles. The number of nitrogens with one attached hydrogen (secondary N) is 4. The second-order valence-corrected chi connectivity index (χ2v) is 8.23. The van der Waals surface area contributed by atoms with E-state index in [2.05, 4.69) is 37.0 Å². The molecular formula is C21H25N7O4. The van der Waals surface area contributed by atoms with Crippen molar-refractivity contribution in [1.29, 1.82) is 5.26 Å². The molecule has 3 amide bonds. The number of methoxy groups -OCH3 is 1. The summed E-state index contributed by atoms with van der Waals surface area (Å²) >= 11 is 0. The topological polar surface area (TPSA) is 162 Å². The number of H-pyrrole nitrogens is 1. The first kappa shape index (κ1) is 21.5. The number of amides is 3. The first-order valence-corrected chi connectivity index (χ1v) is 10.6. The number of aromatic nitrogens is 3. The van der Waals surface area contributed by atoms with Gasteiger partial charge >= 0.3 is 0 Å². The Morgan fingerprint density at radius 3 is 2.75 bits per heavy atom. The Bertz CT molecular complexity index is 1070. The Morgan fingerprint density at radius 2 is 2.09 bits per heavy atom. The van der Waals surface area contributed by atoms with E-state index < -0.39 is 23.9 Å². The molecule has 3 heterocycles. The molecule has 2 fully saturated rings. The van der Waals surface area contributed by atoms with Crippen LogP contribution in [-0.4, -0.2) is 58.4 Å². The Morgan fingerprint density at radius 1 is 1.28 bits per heavy atom. The van der Waals surface area contributed by atoms with Crippen LogP contribution in [0.2, 0.25) is 0 Å². The zero-order valence-corrected chi connectivity index (χ0v) is 17.7. The molecule has 2 aliphatic rings. The van der Waals surface area contributed by atoms with Crippen LogP contribution in [0.3, 0.4) is 0 Å². The van der Waals surface area contributed by atoms with E-state index in [0.29, 0.717) is 42.1 Å². The lowest BCUT2D eigenvalue weighted by molar-refractivity contribution is -0.125. The fraction of sp³-hybridized carbons (Fsp3) is 0.524. The second kappa shape index (κ2) is 9.21. The van der Waals surface area contributed by atoms with Crippen LogP contribution in [0.1, 0.15) is 42.7 Å². The van der Waals surface area contributed by atoms with Crippen molar-refractivity contribution in [3.8, 4) is 11.8 Å². The number of hydrogen-bond acceptors (Lipinski definition) is 7. The van der Waals surface area contributed by atoms with Crippen molar-refractivity contribution >= 4 is 28.8 Å². The van der Waals surface area contributed by atoms with E-state index in [1.54, 1.807) is 0 Å². The van der Waals surface area contributed by atoms with Crippen molar-refractivity contribution in [2.45, 2.75) is 44.2 Å². The van der Waals surface area contributed by atoms with Gasteiger partial charge in [-0.15, -0.1) is 0 Å². The summed E-state index contributed by atoms with van der Waals surface area (Å²) in [6, 6.07) is 0.438. The predicted octanol–water partition coefficient (Wildman–Crippen LogP) is 0.400. The lowest BCUT2D eigenvalue weighted by atomic mass is 9.98. The molecule has 1 saturated heterocycles. The summed E-state index contributed by atoms with van der Waals surface area (Å²) in [6.07, 6.45) is 6.39. The molecule has 1 aliphatic heterocycles. The monoisotopic (exact) mass is 439 g/mol. The molecule has 1 aliphatic carbocycles. The number of nitriles is 1. The van der Waals surface area contributed by atoms with Gasteiger partial charge in [0.25, 0.3) is 5.91 Å². The highest BCUT2D eigenvalue weighted by molar-refractivity contribution is 5.98. The zero-order chi connectivity index (χ0) is 22.7. The molecule has 0 aromatic carbocycles. The Labute approximate surface area is 184 Å². The number of hydrogen-bond donors (Lipinski definition) is 4. The Hall–Kier alpha value is -3.68. The van der Waals surface area contributed by atoms with Crippen molar-refractivity contribution in [2.24, 2.45) is 11.8 Å². The molecule has 1 saturated carbocycles. The van der Waals surface area contributed by atoms with E-state index in [0.717, 1.165) is 12.8 Å². The minimum Gasteiger partial charge on any atom is -0.493 e. The quantitative estimate of drug-likeness (QED) is 0.439. The van der Waals surface area contributed by atoms with Crippen molar-refractivity contribution in [2.75, 3.05) is 13.7 Å². The third kappa shape index (κ3) is 4.80. The molecule has 3 unspecified atom stereocenters. The number of carbonyl (C=O) groups is 3. The lowest BCUT2D eigenvalue weighted by Gasteiger charge is -2.21. The number of rotatable bonds is 9. The largest absolute Gasteiger partial charge is 0.493 e. The minimum atomic E-state index is -0.809. The molecule has 4 N–H and O–H groups in total. The zero-order valence-electron chi connectivity index (χ0n) is 17.7. The molecule has 168 valence electrons. The van der Waals surface area contributed by atoms with Gasteiger partial charge in [0.2, 0.25) is 11.8 Å². The van der Waals surface area contributed by atoms with Crippen LogP contribution in [0.15, 0.2) is 12.4 Å². The van der Waals surface area contributed by atoms with Gasteiger partial charge < -0.3 is 25.7 Å². The lowest BCUT2D eigenvalue weighted by Crippen LogP contribution is -2.50. The van der Waals surface area contributed by atoms with Gasteiger partial charge in [0.1, 0.15) is 17.6 Å². The van der Waals surface area contributed by atoms with Gasteiger partial charge in [-0.3, -0.25) is 19.4 Å². The highest BCUT2D eigenvalue weighted by Gasteiger charge is 2.33. The van der Waals surface area contributed by atoms with E-state index in [9.17, 15) is 19.6 Å². The summed E-state index contributed by atoms with van der Waals surface area (Å²) in [7, 11) is 1.49. The highest BCUT2D eigenvalue weighted by atomic mass is 16.5. The van der Waals surface area contributed by atoms with Crippen molar-refractivity contribution in [1.82, 2.24) is 30.9 Å². The standard InChI is InChI=1S/C21H25N7O4/c1-32-16-10-23-9-15-17(16)28-18(26-15)21(31)27-14(6-11-2-3-11)20(30)25-13(8-22)7-12-4-5-24-19(12)29/h9-14H,2-7H2,1H3,(H,24,29)(H,25,30)(H,26,28)(H,27,31). The van der Waals surface area contributed by atoms with Crippen molar-refractivity contribution < 1.29 is 19.1 Å². The fourth-order valence-corrected chi connectivity index (χ4v) is 3.88. The van der Waals surface area contributed by atoms with Crippen LogP contribution in [0.4, 0.5) is 0 Å². The summed E-state index contributed by atoms with van der Waals surface area (Å²) in [5.41, 5.74) is 1.01. The molecule has 0 bridgehead atoms. The number of fused-ring (bicyclic) bond motifs is 1. The average Bonchev–Trinajstić information content (AvgIpc) is 3.35. The normalized spacial score (nSPS) is 19.6. The van der Waals surface area contributed by atoms with Gasteiger partial charge in [-0.2, -0.15) is 5.26 Å². The third-order valence-electron chi connectivity index (χ3n) is 5.84. The number of nitrogens with zero attached hydrogens (tertiary/aromatic N) is 3. The minimum absolute atomic E-state index is 0.0411. The molecule has 0 spiro atoms. The molecule has 2 aromatic rings. The molecule has 3 atom stereocenters. The van der Waals surface area contributed by atoms with E-state index in [-0.39, 0.29) is 24.1 Å². The van der Waals surface area contributed by atoms with E-state index in [4.69, 9.17) is 4.74 Å². The summed E-state index contributed by atoms with van der Waals surface area (Å²) < 4.78 is 5.22. The van der Waals surface area contributed by atoms with Gasteiger partial charge in [-0.05, 0) is 25.2 Å². The summed E-state index contributed by atoms with van der Waals surface area (Å²) in [5, 5.41) is 17.6. The van der Waals surface area contributed by atoms with Gasteiger partial charge in [-0.25, -0.2) is 4.98 Å². The van der Waals surface area contributed by atoms with E-state index in [1.807, 2.05) is 0 Å². The maximum absolute atomic E-state index is 12.9. The number of ether oxygens (including phenoxy) is 1. The average molecular weight is 439 g/mol. The van der Waals surface area contributed by atoms with Gasteiger partial charge in [0, 0.05) is 12.5 Å². The summed E-state index contributed by atoms with van der Waals surface area (Å²) in [4.78, 5) is 48.8. The van der Waals surface area contributed by atoms with Gasteiger partial charge in [-0.1, -0.05) is 12.8 Å². The van der Waals surface area contributed by atoms with Crippen LogP contribution < -0.4 is 20.7 Å².